The Morgan fingerprint density at radius 1 is 0.862 bits per heavy atom. The highest BCUT2D eigenvalue weighted by Crippen LogP contribution is 2.66. The van der Waals surface area contributed by atoms with Crippen molar-refractivity contribution in [3.63, 3.8) is 0 Å². The second-order valence-electron chi connectivity index (χ2n) is 12.9. The lowest BCUT2D eigenvalue weighted by Crippen LogP contribution is -2.52. The van der Waals surface area contributed by atoms with E-state index in [0.717, 1.165) is 23.7 Å². The minimum atomic E-state index is -1.55. The van der Waals surface area contributed by atoms with Crippen molar-refractivity contribution in [2.45, 2.75) is 98.1 Å². The highest BCUT2D eigenvalue weighted by Gasteiger charge is 2.59. The Morgan fingerprint density at radius 3 is 2.21 bits per heavy atom. The first-order valence-electron chi connectivity index (χ1n) is 12.1. The summed E-state index contributed by atoms with van der Waals surface area (Å²) < 4.78 is 13.1. The van der Waals surface area contributed by atoms with Gasteiger partial charge in [-0.25, -0.2) is 0 Å². The Hall–Kier alpha value is -0.486. The maximum absolute atomic E-state index is 6.62. The summed E-state index contributed by atoms with van der Waals surface area (Å²) in [4.78, 5) is 0. The molecule has 0 aromatic heterocycles. The van der Waals surface area contributed by atoms with Gasteiger partial charge in [0, 0.05) is 11.8 Å². The average Bonchev–Trinajstić information content (AvgIpc) is 2.89. The van der Waals surface area contributed by atoms with Crippen molar-refractivity contribution in [2.75, 3.05) is 0 Å². The Labute approximate surface area is 181 Å². The van der Waals surface area contributed by atoms with Gasteiger partial charge in [-0.1, -0.05) is 13.8 Å². The molecule has 4 rings (SSSR count). The fourth-order valence-electron chi connectivity index (χ4n) is 7.34. The van der Waals surface area contributed by atoms with E-state index in [4.69, 9.17) is 8.85 Å². The van der Waals surface area contributed by atoms with Crippen LogP contribution in [0.15, 0.2) is 23.7 Å². The maximum atomic E-state index is 6.62. The third-order valence-corrected chi connectivity index (χ3v) is 10.4. The maximum Gasteiger partial charge on any atom is 0.241 e. The Bertz CT molecular complexity index is 713. The summed E-state index contributed by atoms with van der Waals surface area (Å²) in [7, 11) is -3.05. The van der Waals surface area contributed by atoms with E-state index in [-0.39, 0.29) is 0 Å². The molecule has 2 saturated carbocycles. The first kappa shape index (κ1) is 21.7. The summed E-state index contributed by atoms with van der Waals surface area (Å²) in [6.45, 7) is 19.1. The third kappa shape index (κ3) is 3.93. The van der Waals surface area contributed by atoms with Gasteiger partial charge in [-0.15, -0.1) is 0 Å². The minimum Gasteiger partial charge on any atom is -0.548 e. The molecule has 4 aliphatic rings. The molecular formula is C25H44O2Si2. The van der Waals surface area contributed by atoms with Crippen LogP contribution in [0.1, 0.15) is 58.8 Å². The second kappa shape index (κ2) is 7.01. The van der Waals surface area contributed by atoms with Crippen LogP contribution in [-0.2, 0) is 8.85 Å². The highest BCUT2D eigenvalue weighted by atomic mass is 28.4. The topological polar surface area (TPSA) is 18.5 Å². The van der Waals surface area contributed by atoms with Crippen LogP contribution >= 0.6 is 0 Å². The van der Waals surface area contributed by atoms with E-state index in [1.165, 1.54) is 56.5 Å². The lowest BCUT2D eigenvalue weighted by atomic mass is 9.46. The molecule has 0 spiro atoms. The average molecular weight is 433 g/mol. The molecule has 0 saturated heterocycles. The molecule has 0 radical (unpaired) electrons. The summed E-state index contributed by atoms with van der Waals surface area (Å²) in [6.07, 6.45) is 14.1. The largest absolute Gasteiger partial charge is 0.548 e. The van der Waals surface area contributed by atoms with Crippen molar-refractivity contribution in [2.24, 2.45) is 34.5 Å². The first-order valence-corrected chi connectivity index (χ1v) is 18.9. The molecule has 0 bridgehead atoms. The number of hydrogen-bond acceptors (Lipinski definition) is 2. The molecule has 0 heterocycles. The first-order chi connectivity index (χ1) is 13.3. The molecule has 29 heavy (non-hydrogen) atoms. The normalized spacial score (nSPS) is 42.2. The molecule has 164 valence electrons. The van der Waals surface area contributed by atoms with Gasteiger partial charge in [-0.3, -0.25) is 0 Å². The Kier molecular flexibility index (Phi) is 5.26. The van der Waals surface area contributed by atoms with Crippen LogP contribution in [0.2, 0.25) is 39.3 Å². The molecule has 4 heteroatoms. The Morgan fingerprint density at radius 2 is 1.55 bits per heavy atom. The fourth-order valence-corrected chi connectivity index (χ4v) is 9.27. The van der Waals surface area contributed by atoms with Gasteiger partial charge in [0.2, 0.25) is 16.6 Å². The van der Waals surface area contributed by atoms with Gasteiger partial charge >= 0.3 is 0 Å². The molecule has 6 atom stereocenters. The number of hydrogen-bond donors (Lipinski definition) is 0. The zero-order valence-electron chi connectivity index (χ0n) is 20.2. The van der Waals surface area contributed by atoms with Crippen LogP contribution in [0.25, 0.3) is 0 Å². The molecular weight excluding hydrogens is 388 g/mol. The van der Waals surface area contributed by atoms with E-state index in [9.17, 15) is 0 Å². The van der Waals surface area contributed by atoms with Crippen LogP contribution in [0, 0.1) is 34.5 Å². The molecule has 0 aromatic rings. The van der Waals surface area contributed by atoms with E-state index >= 15 is 0 Å². The van der Waals surface area contributed by atoms with E-state index in [0.29, 0.717) is 10.8 Å². The zero-order valence-corrected chi connectivity index (χ0v) is 22.2. The van der Waals surface area contributed by atoms with Gasteiger partial charge in [0.25, 0.3) is 0 Å². The predicted octanol–water partition coefficient (Wildman–Crippen LogP) is 7.72. The van der Waals surface area contributed by atoms with Crippen molar-refractivity contribution in [3.05, 3.63) is 23.7 Å². The van der Waals surface area contributed by atoms with Gasteiger partial charge in [0.15, 0.2) is 0 Å². The van der Waals surface area contributed by atoms with Crippen molar-refractivity contribution < 1.29 is 8.85 Å². The number of allylic oxidation sites excluding steroid dienone is 4. The van der Waals surface area contributed by atoms with Crippen molar-refractivity contribution in [1.82, 2.24) is 0 Å². The standard InChI is InChI=1S/C25H44O2Si2/c1-24-15-13-19(26-28(3,4)5)17-18(24)9-10-20-21-11-12-23(27-29(6,7)8)25(21,2)16-14-22(20)24/h12-13,18,20-22H,9-11,14-17H2,1-8H3/t18-,20?,21?,22?,24-,25-/m0/s1. The van der Waals surface area contributed by atoms with Crippen LogP contribution < -0.4 is 0 Å². The number of rotatable bonds is 4. The molecule has 0 N–H and O–H groups in total. The lowest BCUT2D eigenvalue weighted by Gasteiger charge is -2.59. The summed E-state index contributed by atoms with van der Waals surface area (Å²) in [6, 6.07) is 0. The van der Waals surface area contributed by atoms with Crippen LogP contribution in [0.4, 0.5) is 0 Å². The van der Waals surface area contributed by atoms with Crippen molar-refractivity contribution in [1.29, 1.82) is 0 Å². The number of fused-ring (bicyclic) bond motifs is 5. The SMILES string of the molecule is C[C@]12CCC3C(CC[C@H]4CC(O[Si](C)(C)C)=CC[C@]34C)C1CC=C2O[Si](C)(C)C. The summed E-state index contributed by atoms with van der Waals surface area (Å²) in [5.74, 6) is 6.05. The Balaban J connectivity index is 1.53. The van der Waals surface area contributed by atoms with Gasteiger partial charge < -0.3 is 8.85 Å². The molecule has 2 fully saturated rings. The van der Waals surface area contributed by atoms with E-state index in [1.54, 1.807) is 0 Å². The van der Waals surface area contributed by atoms with Crippen LogP contribution in [0.3, 0.4) is 0 Å². The molecule has 3 unspecified atom stereocenters. The molecule has 0 amide bonds. The van der Waals surface area contributed by atoms with E-state index in [1.807, 2.05) is 0 Å². The zero-order chi connectivity index (χ0) is 21.2. The summed E-state index contributed by atoms with van der Waals surface area (Å²) in [5.41, 5.74) is 0.764. The highest BCUT2D eigenvalue weighted by molar-refractivity contribution is 6.70. The fraction of sp³-hybridized carbons (Fsp3) is 0.840. The van der Waals surface area contributed by atoms with Crippen LogP contribution in [-0.4, -0.2) is 16.6 Å². The third-order valence-electron chi connectivity index (χ3n) is 8.65. The van der Waals surface area contributed by atoms with Gasteiger partial charge in [0.05, 0.1) is 11.5 Å². The van der Waals surface area contributed by atoms with Gasteiger partial charge in [0.1, 0.15) is 0 Å². The van der Waals surface area contributed by atoms with Crippen molar-refractivity contribution in [3.8, 4) is 0 Å². The predicted molar refractivity (Wildman–Crippen MR) is 128 cm³/mol. The molecule has 2 nitrogen and oxygen atoms in total. The van der Waals surface area contributed by atoms with Gasteiger partial charge in [-0.2, -0.15) is 0 Å². The molecule has 0 aromatic carbocycles. The lowest BCUT2D eigenvalue weighted by molar-refractivity contribution is -0.0914. The quantitative estimate of drug-likeness (QED) is 0.423. The van der Waals surface area contributed by atoms with Crippen molar-refractivity contribution >= 4 is 16.6 Å². The summed E-state index contributed by atoms with van der Waals surface area (Å²) >= 11 is 0. The second-order valence-corrected chi connectivity index (χ2v) is 21.8. The molecule has 4 aliphatic carbocycles. The smallest absolute Gasteiger partial charge is 0.241 e. The molecule has 0 aliphatic heterocycles. The van der Waals surface area contributed by atoms with Crippen LogP contribution in [0.5, 0.6) is 0 Å². The summed E-state index contributed by atoms with van der Waals surface area (Å²) in [5, 5.41) is 0. The van der Waals surface area contributed by atoms with E-state index in [2.05, 4.69) is 65.3 Å². The monoisotopic (exact) mass is 432 g/mol. The van der Waals surface area contributed by atoms with E-state index < -0.39 is 16.6 Å². The van der Waals surface area contributed by atoms with Gasteiger partial charge in [-0.05, 0) is 119 Å². The minimum absolute atomic E-state index is 0.293.